The van der Waals surface area contributed by atoms with Crippen molar-refractivity contribution in [2.24, 2.45) is 0 Å². The Morgan fingerprint density at radius 2 is 2.00 bits per heavy atom. The topological polar surface area (TPSA) is 20.3 Å². The maximum atomic E-state index is 11.4. The van der Waals surface area contributed by atoms with Crippen molar-refractivity contribution in [2.75, 3.05) is 24.6 Å². The smallest absolute Gasteiger partial charge is 0.0363 e. The number of hydrogen-bond acceptors (Lipinski definition) is 3. The van der Waals surface area contributed by atoms with Gasteiger partial charge in [-0.25, -0.2) is 0 Å². The van der Waals surface area contributed by atoms with Gasteiger partial charge in [0.05, 0.1) is 0 Å². The van der Waals surface area contributed by atoms with Crippen LogP contribution < -0.4 is 0 Å². The van der Waals surface area contributed by atoms with E-state index in [0.717, 1.165) is 31.1 Å². The molecular weight excluding hydrogens is 274 g/mol. The molecule has 2 nitrogen and oxygen atoms in total. The third kappa shape index (κ3) is 3.67. The Balaban J connectivity index is 2.07. The minimum Gasteiger partial charge on any atom is -0.296 e. The molecule has 0 amide bonds. The summed E-state index contributed by atoms with van der Waals surface area (Å²) in [4.78, 5) is 5.44. The summed E-state index contributed by atoms with van der Waals surface area (Å²) in [5.41, 5.74) is 1.71. The number of rotatable bonds is 4. The van der Waals surface area contributed by atoms with Gasteiger partial charge in [0.25, 0.3) is 0 Å². The summed E-state index contributed by atoms with van der Waals surface area (Å²) in [6, 6.07) is 2.37. The largest absolute Gasteiger partial charge is 0.296 e. The standard InChI is InChI=1S/C15H25NOS2/c1-5-15(3,4)14-10-12(2)13(18-14)11-16-6-8-19(17)9-7-16/h10H,5-9,11H2,1-4H3. The van der Waals surface area contributed by atoms with Crippen LogP contribution in [0.5, 0.6) is 0 Å². The van der Waals surface area contributed by atoms with Gasteiger partial charge in [-0.2, -0.15) is 0 Å². The molecule has 0 aliphatic carbocycles. The second-order valence-electron chi connectivity index (χ2n) is 6.08. The van der Waals surface area contributed by atoms with Crippen LogP contribution in [0.25, 0.3) is 0 Å². The van der Waals surface area contributed by atoms with Crippen LogP contribution >= 0.6 is 11.3 Å². The van der Waals surface area contributed by atoms with E-state index in [9.17, 15) is 4.21 Å². The molecule has 19 heavy (non-hydrogen) atoms. The van der Waals surface area contributed by atoms with Gasteiger partial charge in [0, 0.05) is 51.7 Å². The number of nitrogens with zero attached hydrogens (tertiary/aromatic N) is 1. The molecule has 0 atom stereocenters. The molecule has 0 bridgehead atoms. The molecular formula is C15H25NOS2. The Kier molecular flexibility index (Phi) is 4.85. The van der Waals surface area contributed by atoms with Crippen molar-refractivity contribution < 1.29 is 4.21 Å². The number of hydrogen-bond donors (Lipinski definition) is 0. The van der Waals surface area contributed by atoms with Gasteiger partial charge in [-0.05, 0) is 30.4 Å². The highest BCUT2D eigenvalue weighted by atomic mass is 32.2. The van der Waals surface area contributed by atoms with E-state index in [1.54, 1.807) is 0 Å². The molecule has 1 aromatic rings. The van der Waals surface area contributed by atoms with Gasteiger partial charge in [-0.3, -0.25) is 9.11 Å². The lowest BCUT2D eigenvalue weighted by molar-refractivity contribution is 0.293. The first-order valence-corrected chi connectivity index (χ1v) is 9.40. The fourth-order valence-electron chi connectivity index (χ4n) is 2.22. The zero-order valence-corrected chi connectivity index (χ0v) is 14.1. The van der Waals surface area contributed by atoms with Crippen LogP contribution in [-0.2, 0) is 22.8 Å². The van der Waals surface area contributed by atoms with Crippen LogP contribution in [0.2, 0.25) is 0 Å². The lowest BCUT2D eigenvalue weighted by Crippen LogP contribution is -2.37. The summed E-state index contributed by atoms with van der Waals surface area (Å²) < 4.78 is 11.4. The van der Waals surface area contributed by atoms with Gasteiger partial charge in [-0.15, -0.1) is 11.3 Å². The molecule has 0 N–H and O–H groups in total. The number of thiophene rings is 1. The summed E-state index contributed by atoms with van der Waals surface area (Å²) in [6.45, 7) is 12.1. The van der Waals surface area contributed by atoms with E-state index < -0.39 is 10.8 Å². The second kappa shape index (κ2) is 6.06. The van der Waals surface area contributed by atoms with Gasteiger partial charge in [0.15, 0.2) is 0 Å². The van der Waals surface area contributed by atoms with Gasteiger partial charge in [0.1, 0.15) is 0 Å². The summed E-state index contributed by atoms with van der Waals surface area (Å²) in [5, 5.41) is 0. The third-order valence-corrected chi connectivity index (χ3v) is 7.07. The van der Waals surface area contributed by atoms with E-state index in [-0.39, 0.29) is 5.41 Å². The molecule has 0 unspecified atom stereocenters. The van der Waals surface area contributed by atoms with Gasteiger partial charge in [-0.1, -0.05) is 20.8 Å². The molecule has 1 aliphatic rings. The first-order valence-electron chi connectivity index (χ1n) is 7.09. The van der Waals surface area contributed by atoms with Gasteiger partial charge < -0.3 is 0 Å². The Bertz CT molecular complexity index is 455. The first-order chi connectivity index (χ1) is 8.92. The second-order valence-corrected chi connectivity index (χ2v) is 8.91. The van der Waals surface area contributed by atoms with Crippen LogP contribution in [0.15, 0.2) is 6.07 Å². The van der Waals surface area contributed by atoms with Crippen molar-refractivity contribution in [3.05, 3.63) is 21.4 Å². The lowest BCUT2D eigenvalue weighted by atomic mass is 9.88. The van der Waals surface area contributed by atoms with Crippen molar-refractivity contribution in [3.8, 4) is 0 Å². The zero-order chi connectivity index (χ0) is 14.0. The molecule has 2 heterocycles. The van der Waals surface area contributed by atoms with Crippen LogP contribution in [0.3, 0.4) is 0 Å². The molecule has 1 aromatic heterocycles. The van der Waals surface area contributed by atoms with E-state index in [2.05, 4.69) is 38.7 Å². The minimum absolute atomic E-state index is 0.289. The summed E-state index contributed by atoms with van der Waals surface area (Å²) in [7, 11) is -0.573. The number of aryl methyl sites for hydroxylation is 1. The predicted molar refractivity (Wildman–Crippen MR) is 85.5 cm³/mol. The normalized spacial score (nSPS) is 18.9. The predicted octanol–water partition coefficient (Wildman–Crippen LogP) is 3.31. The molecule has 1 aliphatic heterocycles. The molecule has 0 spiro atoms. The van der Waals surface area contributed by atoms with Crippen LogP contribution in [-0.4, -0.2) is 33.7 Å². The summed E-state index contributed by atoms with van der Waals surface area (Å²) >= 11 is 1.97. The molecule has 1 fully saturated rings. The molecule has 0 saturated carbocycles. The van der Waals surface area contributed by atoms with Crippen molar-refractivity contribution >= 4 is 22.1 Å². The van der Waals surface area contributed by atoms with Crippen molar-refractivity contribution in [2.45, 2.75) is 46.1 Å². The molecule has 0 aromatic carbocycles. The van der Waals surface area contributed by atoms with E-state index in [0.29, 0.717) is 0 Å². The van der Waals surface area contributed by atoms with E-state index in [1.165, 1.54) is 21.7 Å². The minimum atomic E-state index is -0.573. The summed E-state index contributed by atoms with van der Waals surface area (Å²) in [6.07, 6.45) is 1.18. The molecule has 2 rings (SSSR count). The monoisotopic (exact) mass is 299 g/mol. The Hall–Kier alpha value is -0.190. The van der Waals surface area contributed by atoms with E-state index >= 15 is 0 Å². The van der Waals surface area contributed by atoms with Gasteiger partial charge in [0.2, 0.25) is 0 Å². The van der Waals surface area contributed by atoms with Gasteiger partial charge >= 0.3 is 0 Å². The highest BCUT2D eigenvalue weighted by Gasteiger charge is 2.23. The Morgan fingerprint density at radius 3 is 2.58 bits per heavy atom. The highest BCUT2D eigenvalue weighted by Crippen LogP contribution is 2.35. The molecule has 1 saturated heterocycles. The molecule has 4 heteroatoms. The molecule has 0 radical (unpaired) electrons. The quantitative estimate of drug-likeness (QED) is 0.850. The zero-order valence-electron chi connectivity index (χ0n) is 12.5. The first kappa shape index (κ1) is 15.2. The molecule has 108 valence electrons. The van der Waals surface area contributed by atoms with E-state index in [1.807, 2.05) is 11.3 Å². The van der Waals surface area contributed by atoms with E-state index in [4.69, 9.17) is 0 Å². The fraction of sp³-hybridized carbons (Fsp3) is 0.733. The highest BCUT2D eigenvalue weighted by molar-refractivity contribution is 7.85. The average Bonchev–Trinajstić information content (AvgIpc) is 2.75. The van der Waals surface area contributed by atoms with Crippen molar-refractivity contribution in [3.63, 3.8) is 0 Å². The lowest BCUT2D eigenvalue weighted by Gasteiger charge is -2.26. The average molecular weight is 300 g/mol. The maximum absolute atomic E-state index is 11.4. The fourth-order valence-corrected chi connectivity index (χ4v) is 4.74. The van der Waals surface area contributed by atoms with Crippen LogP contribution in [0, 0.1) is 6.92 Å². The third-order valence-electron chi connectivity index (χ3n) is 4.21. The van der Waals surface area contributed by atoms with Crippen LogP contribution in [0.4, 0.5) is 0 Å². The Labute approximate surface area is 123 Å². The van der Waals surface area contributed by atoms with Crippen LogP contribution in [0.1, 0.15) is 42.5 Å². The SMILES string of the molecule is CCC(C)(C)c1cc(C)c(CN2CCS(=O)CC2)s1. The maximum Gasteiger partial charge on any atom is 0.0363 e. The van der Waals surface area contributed by atoms with Crippen molar-refractivity contribution in [1.29, 1.82) is 0 Å². The van der Waals surface area contributed by atoms with Crippen molar-refractivity contribution in [1.82, 2.24) is 4.90 Å². The Morgan fingerprint density at radius 1 is 1.37 bits per heavy atom. The summed E-state index contributed by atoms with van der Waals surface area (Å²) in [5.74, 6) is 1.69.